The zero-order valence-electron chi connectivity index (χ0n) is 14.0. The molecule has 0 aliphatic carbocycles. The van der Waals surface area contributed by atoms with E-state index in [0.29, 0.717) is 16.4 Å². The molecule has 2 aromatic carbocycles. The van der Waals surface area contributed by atoms with Crippen molar-refractivity contribution < 1.29 is 18.9 Å². The number of halogens is 2. The number of carbonyl (C=O) groups is 2. The van der Waals surface area contributed by atoms with Crippen LogP contribution < -0.4 is 15.5 Å². The Morgan fingerprint density at radius 1 is 1.04 bits per heavy atom. The molecule has 132 valence electrons. The van der Waals surface area contributed by atoms with Gasteiger partial charge in [-0.25, -0.2) is 4.39 Å². The van der Waals surface area contributed by atoms with Gasteiger partial charge < -0.3 is 15.5 Å². The van der Waals surface area contributed by atoms with Crippen molar-refractivity contribution in [3.8, 4) is 0 Å². The van der Waals surface area contributed by atoms with Gasteiger partial charge in [0.2, 0.25) is 0 Å². The molecule has 0 aliphatic rings. The Labute approximate surface area is 150 Å². The lowest BCUT2D eigenvalue weighted by atomic mass is 10.2. The first-order valence-electron chi connectivity index (χ1n) is 7.79. The van der Waals surface area contributed by atoms with E-state index >= 15 is 0 Å². The minimum atomic E-state index is -0.457. The average molecular weight is 365 g/mol. The number of benzene rings is 2. The molecule has 0 aromatic heterocycles. The highest BCUT2D eigenvalue weighted by molar-refractivity contribution is 6.30. The van der Waals surface area contributed by atoms with E-state index in [1.165, 1.54) is 24.3 Å². The van der Waals surface area contributed by atoms with Crippen LogP contribution in [0, 0.1) is 5.82 Å². The second-order valence-electron chi connectivity index (χ2n) is 5.80. The van der Waals surface area contributed by atoms with Gasteiger partial charge in [0.15, 0.2) is 12.6 Å². The van der Waals surface area contributed by atoms with Gasteiger partial charge in [0, 0.05) is 16.4 Å². The van der Waals surface area contributed by atoms with E-state index in [1.54, 1.807) is 38.2 Å². The molecule has 0 fully saturated rings. The third-order valence-corrected chi connectivity index (χ3v) is 4.06. The Morgan fingerprint density at radius 3 is 2.16 bits per heavy atom. The third-order valence-electron chi connectivity index (χ3n) is 3.81. The number of hydrogen-bond acceptors (Lipinski definition) is 2. The largest absolute Gasteiger partial charge is 0.321 e. The molecule has 2 aromatic rings. The fraction of sp³-hybridized carbons (Fsp3) is 0.222. The van der Waals surface area contributed by atoms with E-state index < -0.39 is 6.04 Å². The molecule has 25 heavy (non-hydrogen) atoms. The summed E-state index contributed by atoms with van der Waals surface area (Å²) in [4.78, 5) is 25.1. The van der Waals surface area contributed by atoms with Crippen LogP contribution in [0.1, 0.15) is 6.92 Å². The van der Waals surface area contributed by atoms with Crippen LogP contribution >= 0.6 is 11.6 Å². The average Bonchev–Trinajstić information content (AvgIpc) is 2.58. The van der Waals surface area contributed by atoms with Crippen LogP contribution in [0.2, 0.25) is 5.02 Å². The minimum absolute atomic E-state index is 0.126. The summed E-state index contributed by atoms with van der Waals surface area (Å²) < 4.78 is 12.9. The Hall–Kier alpha value is -2.44. The lowest BCUT2D eigenvalue weighted by Gasteiger charge is -2.20. The van der Waals surface area contributed by atoms with Crippen molar-refractivity contribution in [1.82, 2.24) is 0 Å². The Bertz CT molecular complexity index is 735. The maximum Gasteiger partial charge on any atom is 0.282 e. The molecular weight excluding hydrogens is 345 g/mol. The quantitative estimate of drug-likeness (QED) is 0.733. The van der Waals surface area contributed by atoms with Crippen LogP contribution in [0.15, 0.2) is 48.5 Å². The number of hydrogen-bond donors (Lipinski definition) is 3. The van der Waals surface area contributed by atoms with Gasteiger partial charge in [-0.1, -0.05) is 11.6 Å². The van der Waals surface area contributed by atoms with Crippen LogP contribution in [0.5, 0.6) is 0 Å². The number of nitrogens with one attached hydrogen (secondary N) is 3. The zero-order chi connectivity index (χ0) is 18.4. The Morgan fingerprint density at radius 2 is 1.56 bits per heavy atom. The standard InChI is InChI=1S/C18H19ClFN3O2/c1-12(18(25)22-16-9-5-14(20)6-10-16)23(2)11-17(24)21-15-7-3-13(19)4-8-15/h3-10,12H,11H2,1-2H3,(H,21,24)(H,22,25)/p+1/t12-/m1/s1. The normalized spacial score (nSPS) is 13.0. The van der Waals surface area contributed by atoms with Crippen molar-refractivity contribution in [2.75, 3.05) is 24.2 Å². The second-order valence-corrected chi connectivity index (χ2v) is 6.23. The molecule has 7 heteroatoms. The van der Waals surface area contributed by atoms with E-state index in [-0.39, 0.29) is 24.2 Å². The number of quaternary nitrogens is 1. The van der Waals surface area contributed by atoms with Gasteiger partial charge in [-0.3, -0.25) is 9.59 Å². The van der Waals surface area contributed by atoms with Gasteiger partial charge in [0.05, 0.1) is 7.05 Å². The molecule has 0 saturated carbocycles. The van der Waals surface area contributed by atoms with Crippen molar-refractivity contribution in [2.45, 2.75) is 13.0 Å². The summed E-state index contributed by atoms with van der Waals surface area (Å²) in [5, 5.41) is 6.05. The first kappa shape index (κ1) is 18.9. The lowest BCUT2D eigenvalue weighted by molar-refractivity contribution is -0.885. The predicted octanol–water partition coefficient (Wildman–Crippen LogP) is 1.96. The van der Waals surface area contributed by atoms with E-state index in [9.17, 15) is 14.0 Å². The van der Waals surface area contributed by atoms with E-state index in [0.717, 1.165) is 4.90 Å². The van der Waals surface area contributed by atoms with Crippen LogP contribution in [-0.4, -0.2) is 31.4 Å². The number of rotatable bonds is 6. The van der Waals surface area contributed by atoms with Gasteiger partial charge in [0.25, 0.3) is 11.8 Å². The van der Waals surface area contributed by atoms with Crippen molar-refractivity contribution in [3.63, 3.8) is 0 Å². The summed E-state index contributed by atoms with van der Waals surface area (Å²) >= 11 is 5.80. The van der Waals surface area contributed by atoms with Gasteiger partial charge in [-0.05, 0) is 55.5 Å². The maximum atomic E-state index is 12.9. The summed E-state index contributed by atoms with van der Waals surface area (Å²) in [5.74, 6) is -0.822. The summed E-state index contributed by atoms with van der Waals surface area (Å²) in [6, 6.07) is 11.9. The highest BCUT2D eigenvalue weighted by Crippen LogP contribution is 2.13. The van der Waals surface area contributed by atoms with Crippen molar-refractivity contribution in [3.05, 3.63) is 59.4 Å². The Kier molecular flexibility index (Phi) is 6.50. The molecule has 0 bridgehead atoms. The van der Waals surface area contributed by atoms with E-state index in [1.807, 2.05) is 0 Å². The fourth-order valence-corrected chi connectivity index (χ4v) is 2.28. The third kappa shape index (κ3) is 5.85. The minimum Gasteiger partial charge on any atom is -0.321 e. The molecule has 2 amide bonds. The smallest absolute Gasteiger partial charge is 0.282 e. The van der Waals surface area contributed by atoms with Gasteiger partial charge in [-0.2, -0.15) is 0 Å². The zero-order valence-corrected chi connectivity index (χ0v) is 14.7. The molecule has 2 rings (SSSR count). The van der Waals surface area contributed by atoms with Crippen molar-refractivity contribution in [1.29, 1.82) is 0 Å². The van der Waals surface area contributed by atoms with Crippen LogP contribution in [-0.2, 0) is 9.59 Å². The van der Waals surface area contributed by atoms with Gasteiger partial charge in [0.1, 0.15) is 5.82 Å². The summed E-state index contributed by atoms with van der Waals surface area (Å²) in [6.07, 6.45) is 0. The van der Waals surface area contributed by atoms with Gasteiger partial charge >= 0.3 is 0 Å². The highest BCUT2D eigenvalue weighted by Gasteiger charge is 2.24. The summed E-state index contributed by atoms with van der Waals surface area (Å²) in [6.45, 7) is 1.85. The molecule has 2 atom stereocenters. The molecule has 5 nitrogen and oxygen atoms in total. The Balaban J connectivity index is 1.86. The second kappa shape index (κ2) is 8.60. The number of likely N-dealkylation sites (N-methyl/N-ethyl adjacent to an activating group) is 1. The topological polar surface area (TPSA) is 62.6 Å². The van der Waals surface area contributed by atoms with Crippen LogP contribution in [0.25, 0.3) is 0 Å². The summed E-state index contributed by atoms with van der Waals surface area (Å²) in [7, 11) is 1.76. The molecule has 1 unspecified atom stereocenters. The molecule has 0 radical (unpaired) electrons. The summed E-state index contributed by atoms with van der Waals surface area (Å²) in [5.41, 5.74) is 1.15. The molecular formula is C18H20ClFN3O2+. The van der Waals surface area contributed by atoms with Crippen molar-refractivity contribution >= 4 is 34.8 Å². The van der Waals surface area contributed by atoms with Crippen molar-refractivity contribution in [2.24, 2.45) is 0 Å². The molecule has 3 N–H and O–H groups in total. The number of carbonyl (C=O) groups excluding carboxylic acids is 2. The lowest BCUT2D eigenvalue weighted by Crippen LogP contribution is -3.14. The first-order valence-corrected chi connectivity index (χ1v) is 8.17. The predicted molar refractivity (Wildman–Crippen MR) is 96.3 cm³/mol. The molecule has 0 saturated heterocycles. The maximum absolute atomic E-state index is 12.9. The fourth-order valence-electron chi connectivity index (χ4n) is 2.15. The molecule has 0 spiro atoms. The number of anilines is 2. The molecule has 0 aliphatic heterocycles. The van der Waals surface area contributed by atoms with E-state index in [4.69, 9.17) is 11.6 Å². The first-order chi connectivity index (χ1) is 11.8. The van der Waals surface area contributed by atoms with E-state index in [2.05, 4.69) is 10.6 Å². The highest BCUT2D eigenvalue weighted by atomic mass is 35.5. The van der Waals surface area contributed by atoms with Gasteiger partial charge in [-0.15, -0.1) is 0 Å². The number of amides is 2. The molecule has 0 heterocycles. The van der Waals surface area contributed by atoms with Crippen LogP contribution in [0.3, 0.4) is 0 Å². The van der Waals surface area contributed by atoms with Crippen LogP contribution in [0.4, 0.5) is 15.8 Å². The SMILES string of the molecule is C[C@H](C(=O)Nc1ccc(F)cc1)[NH+](C)CC(=O)Nc1ccc(Cl)cc1. The monoisotopic (exact) mass is 364 g/mol.